The van der Waals surface area contributed by atoms with E-state index in [1.54, 1.807) is 0 Å². The number of rotatable bonds is 11. The summed E-state index contributed by atoms with van der Waals surface area (Å²) < 4.78 is 0. The summed E-state index contributed by atoms with van der Waals surface area (Å²) in [5.41, 5.74) is -1.06. The maximum Gasteiger partial charge on any atom is 1.00 e. The van der Waals surface area contributed by atoms with E-state index in [9.17, 15) is 14.7 Å². The molecular weight excluding hydrogens is 255 g/mol. The molecule has 0 saturated heterocycles. The summed E-state index contributed by atoms with van der Waals surface area (Å²) in [4.78, 5) is 22.4. The summed E-state index contributed by atoms with van der Waals surface area (Å²) in [6.07, 6.45) is 6.23. The van der Waals surface area contributed by atoms with Gasteiger partial charge in [-0.2, -0.15) is 0 Å². The average Bonchev–Trinajstić information content (AvgIpc) is 2.28. The summed E-state index contributed by atoms with van der Waals surface area (Å²) in [7, 11) is 0. The molecule has 0 atom stereocenters. The molecule has 5 heteroatoms. The second-order valence-electron chi connectivity index (χ2n) is 5.07. The van der Waals surface area contributed by atoms with Crippen molar-refractivity contribution in [3.8, 4) is 0 Å². The van der Waals surface area contributed by atoms with Crippen LogP contribution >= 0.6 is 0 Å². The maximum absolute atomic E-state index is 11.5. The summed E-state index contributed by atoms with van der Waals surface area (Å²) in [6.45, 7) is 4.10. The van der Waals surface area contributed by atoms with Gasteiger partial charge in [0.1, 0.15) is 0 Å². The van der Waals surface area contributed by atoms with Gasteiger partial charge < -0.3 is 11.6 Å². The van der Waals surface area contributed by atoms with E-state index < -0.39 is 17.4 Å². The number of carboxylic acids is 2. The normalized spacial score (nSPS) is 10.8. The van der Waals surface area contributed by atoms with Crippen LogP contribution in [0.2, 0.25) is 0 Å². The van der Waals surface area contributed by atoms with Gasteiger partial charge >= 0.3 is 41.5 Å². The Kier molecular flexibility index (Phi) is 13.1. The molecule has 0 heterocycles. The van der Waals surface area contributed by atoms with Crippen LogP contribution in [-0.2, 0) is 9.59 Å². The van der Waals surface area contributed by atoms with Crippen molar-refractivity contribution in [2.45, 2.75) is 71.6 Å². The van der Waals surface area contributed by atoms with E-state index in [-0.39, 0.29) is 37.4 Å². The molecule has 108 valence electrons. The van der Waals surface area contributed by atoms with Crippen molar-refractivity contribution in [1.82, 2.24) is 0 Å². The molecule has 0 amide bonds. The van der Waals surface area contributed by atoms with E-state index in [0.717, 1.165) is 38.5 Å². The Morgan fingerprint density at radius 1 is 0.947 bits per heavy atom. The molecule has 0 spiro atoms. The fourth-order valence-electron chi connectivity index (χ4n) is 2.31. The maximum atomic E-state index is 11.5. The zero-order valence-corrected chi connectivity index (χ0v) is 14.6. The molecule has 2 N–H and O–H groups in total. The first-order valence-electron chi connectivity index (χ1n) is 6.93. The standard InChI is InChI=1S/C14H26O4.Na.H/c1-3-5-7-9-14(13(17)18,11-12(15)16)10-8-6-4-2;;/h3-11H2,1-2H3,(H,15,16)(H,17,18);;/q;+1;-1. The van der Waals surface area contributed by atoms with Gasteiger partial charge in [-0.05, 0) is 12.8 Å². The molecule has 0 bridgehead atoms. The van der Waals surface area contributed by atoms with Crippen LogP contribution in [0, 0.1) is 5.41 Å². The van der Waals surface area contributed by atoms with Crippen molar-refractivity contribution in [2.24, 2.45) is 5.41 Å². The third kappa shape index (κ3) is 8.66. The van der Waals surface area contributed by atoms with Crippen LogP contribution in [0.1, 0.15) is 73.1 Å². The second kappa shape index (κ2) is 11.7. The number of carboxylic acid groups (broad SMARTS) is 2. The van der Waals surface area contributed by atoms with Gasteiger partial charge in [0, 0.05) is 0 Å². The first-order chi connectivity index (χ1) is 8.48. The van der Waals surface area contributed by atoms with Crippen molar-refractivity contribution >= 4 is 11.9 Å². The SMILES string of the molecule is CCCCCC(CCCCC)(CC(=O)O)C(=O)O.[H-].[Na+]. The van der Waals surface area contributed by atoms with Crippen LogP contribution in [0.5, 0.6) is 0 Å². The molecule has 0 aromatic heterocycles. The fourth-order valence-corrected chi connectivity index (χ4v) is 2.31. The quantitative estimate of drug-likeness (QED) is 0.434. The predicted octanol–water partition coefficient (Wildman–Crippen LogP) is 0.809. The Hall–Kier alpha value is -0.0600. The smallest absolute Gasteiger partial charge is 1.00 e. The zero-order valence-electron chi connectivity index (χ0n) is 13.6. The molecule has 0 aliphatic carbocycles. The van der Waals surface area contributed by atoms with Crippen molar-refractivity contribution in [2.75, 3.05) is 0 Å². The Labute approximate surface area is 139 Å². The number of hydrogen-bond donors (Lipinski definition) is 2. The van der Waals surface area contributed by atoms with E-state index in [4.69, 9.17) is 5.11 Å². The molecule has 0 aliphatic rings. The second-order valence-corrected chi connectivity index (χ2v) is 5.07. The summed E-state index contributed by atoms with van der Waals surface area (Å²) in [5, 5.41) is 18.4. The Morgan fingerprint density at radius 3 is 1.63 bits per heavy atom. The first kappa shape index (κ1) is 21.2. The van der Waals surface area contributed by atoms with E-state index >= 15 is 0 Å². The molecule has 0 unspecified atom stereocenters. The van der Waals surface area contributed by atoms with Gasteiger partial charge in [0.05, 0.1) is 11.8 Å². The molecule has 0 radical (unpaired) electrons. The third-order valence-corrected chi connectivity index (χ3v) is 3.46. The molecule has 4 nitrogen and oxygen atoms in total. The topological polar surface area (TPSA) is 74.6 Å². The summed E-state index contributed by atoms with van der Waals surface area (Å²) >= 11 is 0. The van der Waals surface area contributed by atoms with Crippen LogP contribution in [0.3, 0.4) is 0 Å². The predicted molar refractivity (Wildman–Crippen MR) is 71.7 cm³/mol. The molecular formula is C14H27NaO4. The van der Waals surface area contributed by atoms with Crippen LogP contribution in [-0.4, -0.2) is 22.2 Å². The Balaban J connectivity index is -0.00000144. The Morgan fingerprint density at radius 2 is 1.37 bits per heavy atom. The van der Waals surface area contributed by atoms with Gasteiger partial charge in [0.25, 0.3) is 0 Å². The van der Waals surface area contributed by atoms with Gasteiger partial charge in [-0.1, -0.05) is 52.4 Å². The number of aliphatic carboxylic acids is 2. The van der Waals surface area contributed by atoms with Crippen LogP contribution in [0.15, 0.2) is 0 Å². The molecule has 0 fully saturated rings. The number of carbonyl (C=O) groups is 2. The fraction of sp³-hybridized carbons (Fsp3) is 0.857. The molecule has 0 aliphatic heterocycles. The van der Waals surface area contributed by atoms with Gasteiger partial charge in [0.15, 0.2) is 0 Å². The van der Waals surface area contributed by atoms with E-state index in [1.165, 1.54) is 0 Å². The van der Waals surface area contributed by atoms with Crippen molar-refractivity contribution in [3.05, 3.63) is 0 Å². The summed E-state index contributed by atoms with van der Waals surface area (Å²) in [6, 6.07) is 0. The minimum Gasteiger partial charge on any atom is -1.00 e. The van der Waals surface area contributed by atoms with Crippen LogP contribution in [0.25, 0.3) is 0 Å². The van der Waals surface area contributed by atoms with Gasteiger partial charge in [-0.3, -0.25) is 9.59 Å². The van der Waals surface area contributed by atoms with Gasteiger partial charge in [-0.15, -0.1) is 0 Å². The molecule has 0 aromatic rings. The van der Waals surface area contributed by atoms with Crippen molar-refractivity contribution < 1.29 is 50.8 Å². The monoisotopic (exact) mass is 282 g/mol. The van der Waals surface area contributed by atoms with Crippen LogP contribution < -0.4 is 29.6 Å². The van der Waals surface area contributed by atoms with E-state index in [2.05, 4.69) is 13.8 Å². The number of hydrogen-bond acceptors (Lipinski definition) is 2. The molecule has 0 aromatic carbocycles. The van der Waals surface area contributed by atoms with Crippen LogP contribution in [0.4, 0.5) is 0 Å². The van der Waals surface area contributed by atoms with E-state index in [1.807, 2.05) is 0 Å². The first-order valence-corrected chi connectivity index (χ1v) is 6.93. The zero-order chi connectivity index (χ0) is 14.0. The molecule has 0 rings (SSSR count). The minimum atomic E-state index is -1.06. The largest absolute Gasteiger partial charge is 1.00 e. The average molecular weight is 282 g/mol. The third-order valence-electron chi connectivity index (χ3n) is 3.46. The van der Waals surface area contributed by atoms with Crippen molar-refractivity contribution in [3.63, 3.8) is 0 Å². The Bertz CT molecular complexity index is 262. The summed E-state index contributed by atoms with van der Waals surface area (Å²) in [5.74, 6) is -1.96. The minimum absolute atomic E-state index is 0. The van der Waals surface area contributed by atoms with Gasteiger partial charge in [0.2, 0.25) is 0 Å². The molecule has 0 saturated carbocycles. The number of unbranched alkanes of at least 4 members (excludes halogenated alkanes) is 4. The van der Waals surface area contributed by atoms with Gasteiger partial charge in [-0.25, -0.2) is 0 Å². The molecule has 19 heavy (non-hydrogen) atoms. The van der Waals surface area contributed by atoms with E-state index in [0.29, 0.717) is 12.8 Å². The van der Waals surface area contributed by atoms with Crippen molar-refractivity contribution in [1.29, 1.82) is 0 Å².